The first kappa shape index (κ1) is 20.1. The van der Waals surface area contributed by atoms with Crippen LogP contribution in [0.3, 0.4) is 0 Å². The van der Waals surface area contributed by atoms with E-state index in [1.165, 1.54) is 0 Å². The molecular weight excluding hydrogens is 370 g/mol. The van der Waals surface area contributed by atoms with Crippen LogP contribution in [0.1, 0.15) is 18.9 Å². The summed E-state index contributed by atoms with van der Waals surface area (Å²) in [5.74, 6) is 2.00. The van der Waals surface area contributed by atoms with Crippen LogP contribution in [0.4, 0.5) is 5.82 Å². The van der Waals surface area contributed by atoms with Crippen molar-refractivity contribution >= 4 is 23.2 Å². The number of fused-ring (bicyclic) bond motifs is 1. The average Bonchev–Trinajstić information content (AvgIpc) is 3.11. The van der Waals surface area contributed by atoms with Crippen LogP contribution < -0.4 is 10.6 Å². The third-order valence-electron chi connectivity index (χ3n) is 4.52. The van der Waals surface area contributed by atoms with Gasteiger partial charge in [0.25, 0.3) is 0 Å². The van der Waals surface area contributed by atoms with Gasteiger partial charge in [0.15, 0.2) is 5.82 Å². The van der Waals surface area contributed by atoms with E-state index in [4.69, 9.17) is 16.0 Å². The molecule has 3 aromatic heterocycles. The summed E-state index contributed by atoms with van der Waals surface area (Å²) in [5.41, 5.74) is 8.26. The predicted octanol–water partition coefficient (Wildman–Crippen LogP) is 2.82. The Labute approximate surface area is 169 Å². The molecule has 2 atom stereocenters. The summed E-state index contributed by atoms with van der Waals surface area (Å²) in [6.07, 6.45) is 10.4. The fourth-order valence-corrected chi connectivity index (χ4v) is 3.45. The van der Waals surface area contributed by atoms with Crippen LogP contribution >= 0.6 is 11.8 Å². The molecule has 1 aliphatic heterocycles. The van der Waals surface area contributed by atoms with Crippen molar-refractivity contribution < 1.29 is 0 Å². The number of hydrogen-bond donors (Lipinski definition) is 1. The van der Waals surface area contributed by atoms with Gasteiger partial charge < -0.3 is 10.6 Å². The number of imidazole rings is 1. The SMILES string of the molecule is CC1CC(N)CN(c2ccnc(-c3cnc4ccc(C#N)cn34)n2)C1.CSC. The first-order chi connectivity index (χ1) is 13.5. The van der Waals surface area contributed by atoms with Crippen LogP contribution in [0.2, 0.25) is 0 Å². The van der Waals surface area contributed by atoms with E-state index in [0.717, 1.165) is 36.7 Å². The summed E-state index contributed by atoms with van der Waals surface area (Å²) in [4.78, 5) is 15.7. The molecule has 7 nitrogen and oxygen atoms in total. The Morgan fingerprint density at radius 3 is 2.71 bits per heavy atom. The monoisotopic (exact) mass is 395 g/mol. The molecule has 0 spiro atoms. The summed E-state index contributed by atoms with van der Waals surface area (Å²) in [5, 5.41) is 9.13. The van der Waals surface area contributed by atoms with E-state index in [0.29, 0.717) is 17.3 Å². The second-order valence-electron chi connectivity index (χ2n) is 7.05. The Kier molecular flexibility index (Phi) is 6.49. The van der Waals surface area contributed by atoms with Crippen molar-refractivity contribution in [2.75, 3.05) is 30.5 Å². The number of pyridine rings is 1. The van der Waals surface area contributed by atoms with Gasteiger partial charge in [0.2, 0.25) is 0 Å². The van der Waals surface area contributed by atoms with Crippen LogP contribution in [-0.2, 0) is 0 Å². The fourth-order valence-electron chi connectivity index (χ4n) is 3.45. The van der Waals surface area contributed by atoms with Crippen molar-refractivity contribution in [2.24, 2.45) is 11.7 Å². The Balaban J connectivity index is 0.000000706. The molecule has 3 aromatic rings. The Bertz CT molecular complexity index is 968. The van der Waals surface area contributed by atoms with Crippen LogP contribution in [0.15, 0.2) is 36.8 Å². The number of thioether (sulfide) groups is 1. The maximum atomic E-state index is 9.13. The zero-order chi connectivity index (χ0) is 20.1. The van der Waals surface area contributed by atoms with Gasteiger partial charge >= 0.3 is 0 Å². The molecule has 0 radical (unpaired) electrons. The molecule has 0 amide bonds. The van der Waals surface area contributed by atoms with E-state index in [1.807, 2.05) is 29.0 Å². The van der Waals surface area contributed by atoms with Crippen LogP contribution in [-0.4, -0.2) is 51.0 Å². The van der Waals surface area contributed by atoms with Crippen molar-refractivity contribution in [1.82, 2.24) is 19.4 Å². The number of aromatic nitrogens is 4. The lowest BCUT2D eigenvalue weighted by atomic mass is 9.97. The summed E-state index contributed by atoms with van der Waals surface area (Å²) >= 11 is 1.75. The minimum Gasteiger partial charge on any atom is -0.355 e. The number of nitriles is 1. The van der Waals surface area contributed by atoms with E-state index >= 15 is 0 Å². The molecule has 0 bridgehead atoms. The minimum atomic E-state index is 0.163. The second kappa shape index (κ2) is 9.04. The average molecular weight is 396 g/mol. The topological polar surface area (TPSA) is 96.1 Å². The van der Waals surface area contributed by atoms with E-state index in [9.17, 15) is 0 Å². The Morgan fingerprint density at radius 1 is 1.21 bits per heavy atom. The van der Waals surface area contributed by atoms with Crippen LogP contribution in [0.25, 0.3) is 17.2 Å². The number of nitrogens with zero attached hydrogens (tertiary/aromatic N) is 6. The van der Waals surface area contributed by atoms with Gasteiger partial charge in [0, 0.05) is 31.5 Å². The number of piperidine rings is 1. The first-order valence-electron chi connectivity index (χ1n) is 9.17. The smallest absolute Gasteiger partial charge is 0.180 e. The summed E-state index contributed by atoms with van der Waals surface area (Å²) < 4.78 is 1.85. The lowest BCUT2D eigenvalue weighted by Crippen LogP contribution is -2.46. The van der Waals surface area contributed by atoms with Crippen molar-refractivity contribution in [1.29, 1.82) is 5.26 Å². The lowest BCUT2D eigenvalue weighted by molar-refractivity contribution is 0.400. The number of anilines is 1. The second-order valence-corrected chi connectivity index (χ2v) is 7.87. The molecule has 0 saturated carbocycles. The number of hydrogen-bond acceptors (Lipinski definition) is 7. The third kappa shape index (κ3) is 4.43. The van der Waals surface area contributed by atoms with Gasteiger partial charge in [-0.2, -0.15) is 17.0 Å². The lowest BCUT2D eigenvalue weighted by Gasteiger charge is -2.35. The fraction of sp³-hybridized carbons (Fsp3) is 0.400. The normalized spacial score (nSPS) is 19.0. The van der Waals surface area contributed by atoms with E-state index < -0.39 is 0 Å². The largest absolute Gasteiger partial charge is 0.355 e. The van der Waals surface area contributed by atoms with E-state index in [-0.39, 0.29) is 6.04 Å². The van der Waals surface area contributed by atoms with Gasteiger partial charge in [-0.1, -0.05) is 6.92 Å². The predicted molar refractivity (Wildman–Crippen MR) is 114 cm³/mol. The number of nitrogens with two attached hydrogens (primary N) is 1. The van der Waals surface area contributed by atoms with Crippen molar-refractivity contribution in [3.05, 3.63) is 42.4 Å². The molecule has 1 fully saturated rings. The van der Waals surface area contributed by atoms with Crippen molar-refractivity contribution in [2.45, 2.75) is 19.4 Å². The molecule has 4 rings (SSSR count). The quantitative estimate of drug-likeness (QED) is 0.713. The van der Waals surface area contributed by atoms with E-state index in [2.05, 4.69) is 27.9 Å². The highest BCUT2D eigenvalue weighted by Gasteiger charge is 2.23. The molecule has 0 aliphatic carbocycles. The van der Waals surface area contributed by atoms with Crippen LogP contribution in [0.5, 0.6) is 0 Å². The standard InChI is InChI=1S/C18H19N7.C2H6S/c1-12-6-14(20)11-24(9-12)17-4-5-21-18(23-17)15-8-22-16-3-2-13(7-19)10-25(15)16;1-3-2/h2-5,8,10,12,14H,6,9,11,20H2,1H3;1-2H3. The first-order valence-corrected chi connectivity index (χ1v) is 10.8. The van der Waals surface area contributed by atoms with Gasteiger partial charge in [0.1, 0.15) is 23.2 Å². The Morgan fingerprint density at radius 2 is 2.00 bits per heavy atom. The zero-order valence-electron chi connectivity index (χ0n) is 16.4. The van der Waals surface area contributed by atoms with Gasteiger partial charge in [-0.15, -0.1) is 0 Å². The maximum absolute atomic E-state index is 9.13. The van der Waals surface area contributed by atoms with Crippen molar-refractivity contribution in [3.8, 4) is 17.6 Å². The maximum Gasteiger partial charge on any atom is 0.180 e. The number of rotatable bonds is 2. The molecule has 0 aromatic carbocycles. The zero-order valence-corrected chi connectivity index (χ0v) is 17.2. The van der Waals surface area contributed by atoms with Gasteiger partial charge in [-0.05, 0) is 43.0 Å². The highest BCUT2D eigenvalue weighted by molar-refractivity contribution is 7.97. The Hall–Kier alpha value is -2.63. The molecule has 146 valence electrons. The van der Waals surface area contributed by atoms with Gasteiger partial charge in [-0.25, -0.2) is 15.0 Å². The molecule has 1 aliphatic rings. The summed E-state index contributed by atoms with van der Waals surface area (Å²) in [7, 11) is 0. The molecule has 2 unspecified atom stereocenters. The molecule has 2 N–H and O–H groups in total. The van der Waals surface area contributed by atoms with Gasteiger partial charge in [-0.3, -0.25) is 4.40 Å². The summed E-state index contributed by atoms with van der Waals surface area (Å²) in [6, 6.07) is 7.79. The molecule has 8 heteroatoms. The molecule has 4 heterocycles. The summed E-state index contributed by atoms with van der Waals surface area (Å²) in [6.45, 7) is 3.95. The van der Waals surface area contributed by atoms with Gasteiger partial charge in [0.05, 0.1) is 11.8 Å². The molecule has 1 saturated heterocycles. The minimum absolute atomic E-state index is 0.163. The third-order valence-corrected chi connectivity index (χ3v) is 4.52. The van der Waals surface area contributed by atoms with E-state index in [1.54, 1.807) is 36.4 Å². The van der Waals surface area contributed by atoms with Crippen LogP contribution in [0, 0.1) is 17.2 Å². The molecule has 28 heavy (non-hydrogen) atoms. The molecular formula is C20H25N7S. The highest BCUT2D eigenvalue weighted by atomic mass is 32.2. The van der Waals surface area contributed by atoms with Crippen molar-refractivity contribution in [3.63, 3.8) is 0 Å². The highest BCUT2D eigenvalue weighted by Crippen LogP contribution is 2.24.